The van der Waals surface area contributed by atoms with Gasteiger partial charge in [0.05, 0.1) is 24.7 Å². The van der Waals surface area contributed by atoms with Gasteiger partial charge in [0.15, 0.2) is 0 Å². The Hall–Kier alpha value is -2.09. The highest BCUT2D eigenvalue weighted by Gasteiger charge is 2.64. The van der Waals surface area contributed by atoms with Gasteiger partial charge in [-0.2, -0.15) is 0 Å². The van der Waals surface area contributed by atoms with Crippen LogP contribution in [0.2, 0.25) is 0 Å². The number of aliphatic hydroxyl groups is 1. The molecule has 0 spiro atoms. The van der Waals surface area contributed by atoms with E-state index in [1.165, 1.54) is 6.92 Å². The largest absolute Gasteiger partial charge is 0.510 e. The van der Waals surface area contributed by atoms with Crippen LogP contribution in [0.1, 0.15) is 27.0 Å². The number of hydrogen-bond acceptors (Lipinski definition) is 11. The van der Waals surface area contributed by atoms with Gasteiger partial charge in [-0.3, -0.25) is 23.4 Å². The number of halogens is 1. The second-order valence-electron chi connectivity index (χ2n) is 7.60. The first kappa shape index (κ1) is 24.6. The number of rotatable bonds is 7. The number of H-pyrrole nitrogens is 1. The lowest BCUT2D eigenvalue weighted by Crippen LogP contribution is -2.52. The summed E-state index contributed by atoms with van der Waals surface area (Å²) >= 11 is 0. The van der Waals surface area contributed by atoms with Crippen molar-refractivity contribution >= 4 is 14.0 Å². The van der Waals surface area contributed by atoms with Gasteiger partial charge in [-0.25, -0.2) is 23.1 Å². The van der Waals surface area contributed by atoms with E-state index in [0.717, 1.165) is 16.8 Å². The summed E-state index contributed by atoms with van der Waals surface area (Å²) in [5, 5.41) is 10.4. The topological polar surface area (TPSA) is 165 Å². The quantitative estimate of drug-likeness (QED) is 0.321. The molecule has 2 saturated heterocycles. The van der Waals surface area contributed by atoms with E-state index in [9.17, 15) is 28.4 Å². The summed E-state index contributed by atoms with van der Waals surface area (Å²) in [6.45, 7) is 1.90. The van der Waals surface area contributed by atoms with E-state index >= 15 is 0 Å². The maximum absolute atomic E-state index is 14.1. The summed E-state index contributed by atoms with van der Waals surface area (Å²) in [4.78, 5) is 37.1. The molecule has 0 saturated carbocycles. The Labute approximate surface area is 180 Å². The zero-order valence-corrected chi connectivity index (χ0v) is 18.4. The van der Waals surface area contributed by atoms with E-state index in [1.807, 2.05) is 4.98 Å². The van der Waals surface area contributed by atoms with Crippen molar-refractivity contribution in [2.24, 2.45) is 5.92 Å². The van der Waals surface area contributed by atoms with Gasteiger partial charge < -0.3 is 19.3 Å². The smallest absolute Gasteiger partial charge is 0.432 e. The van der Waals surface area contributed by atoms with Crippen molar-refractivity contribution in [3.05, 3.63) is 33.1 Å². The molecule has 3 rings (SSSR count). The average Bonchev–Trinajstić information content (AvgIpc) is 3.01. The standard InChI is InChI=1S/C17H24FN2O11P/c1-9(2)29-16(24)26-8-28-32(25)27-7-17(6-18)13(31-32)12(10(3)21)14(30-17)20-5-4-11(22)19-15(20)23/h4-5,9-10,12-14,21H,6-8H2,1-3H3,(H,19,22,23)/t10?,12?,13-,14+,17+,32?/m0/s1. The lowest BCUT2D eigenvalue weighted by molar-refractivity contribution is -0.159. The Morgan fingerprint density at radius 2 is 2.16 bits per heavy atom. The predicted octanol–water partition coefficient (Wildman–Crippen LogP) is 0.830. The SMILES string of the molecule is CC(C)OC(=O)OCOP1(=O)OC[C@@]2(CF)O[C@@H](n3ccc(=O)[nH]c3=O)C(C(C)O)[C@@H]2O1. The Kier molecular flexibility index (Phi) is 7.22. The molecule has 1 aromatic rings. The normalized spacial score (nSPS) is 33.0. The third-order valence-corrected chi connectivity index (χ3v) is 6.24. The van der Waals surface area contributed by atoms with Crippen LogP contribution in [0.5, 0.6) is 0 Å². The molecule has 6 atom stereocenters. The van der Waals surface area contributed by atoms with Crippen LogP contribution in [0, 0.1) is 5.92 Å². The number of aromatic amines is 1. The minimum absolute atomic E-state index is 0.457. The lowest BCUT2D eigenvalue weighted by Gasteiger charge is -2.39. The average molecular weight is 482 g/mol. The van der Waals surface area contributed by atoms with Crippen molar-refractivity contribution < 1.29 is 46.6 Å². The number of nitrogens with zero attached hydrogens (tertiary/aromatic N) is 1. The third kappa shape index (κ3) is 4.95. The van der Waals surface area contributed by atoms with Crippen LogP contribution in [0.3, 0.4) is 0 Å². The molecule has 3 heterocycles. The molecule has 0 bridgehead atoms. The number of ether oxygens (including phenoxy) is 3. The highest BCUT2D eigenvalue weighted by Crippen LogP contribution is 2.61. The van der Waals surface area contributed by atoms with Crippen LogP contribution in [0.25, 0.3) is 0 Å². The van der Waals surface area contributed by atoms with E-state index < -0.39 is 81.4 Å². The molecule has 32 heavy (non-hydrogen) atoms. The minimum Gasteiger partial charge on any atom is -0.432 e. The first-order valence-corrected chi connectivity index (χ1v) is 11.1. The van der Waals surface area contributed by atoms with Gasteiger partial charge in [0.2, 0.25) is 6.79 Å². The van der Waals surface area contributed by atoms with E-state index in [4.69, 9.17) is 23.0 Å². The van der Waals surface area contributed by atoms with Gasteiger partial charge in [0.25, 0.3) is 5.56 Å². The van der Waals surface area contributed by atoms with Crippen LogP contribution < -0.4 is 11.2 Å². The molecule has 1 aromatic heterocycles. The molecule has 2 fully saturated rings. The second-order valence-corrected chi connectivity index (χ2v) is 9.22. The molecule has 0 aromatic carbocycles. The molecule has 15 heteroatoms. The fraction of sp³-hybridized carbons (Fsp3) is 0.706. The molecule has 2 N–H and O–H groups in total. The summed E-state index contributed by atoms with van der Waals surface area (Å²) in [5.74, 6) is -1.11. The number of aliphatic hydroxyl groups excluding tert-OH is 1. The van der Waals surface area contributed by atoms with Crippen molar-refractivity contribution in [2.45, 2.75) is 50.9 Å². The molecule has 3 unspecified atom stereocenters. The Morgan fingerprint density at radius 3 is 2.75 bits per heavy atom. The van der Waals surface area contributed by atoms with E-state index in [0.29, 0.717) is 0 Å². The van der Waals surface area contributed by atoms with Crippen LogP contribution >= 0.6 is 7.82 Å². The summed E-state index contributed by atoms with van der Waals surface area (Å²) in [7, 11) is -4.38. The maximum Gasteiger partial charge on any atom is 0.510 e. The van der Waals surface area contributed by atoms with Crippen LogP contribution in [0.4, 0.5) is 9.18 Å². The molecular weight excluding hydrogens is 458 g/mol. The first-order valence-electron chi connectivity index (χ1n) is 9.64. The van der Waals surface area contributed by atoms with Gasteiger partial charge in [-0.1, -0.05) is 0 Å². The van der Waals surface area contributed by atoms with Gasteiger partial charge in [0, 0.05) is 12.3 Å². The number of nitrogens with one attached hydrogen (secondary N) is 1. The second kappa shape index (κ2) is 9.41. The molecule has 180 valence electrons. The number of hydrogen-bond donors (Lipinski definition) is 2. The van der Waals surface area contributed by atoms with Crippen molar-refractivity contribution in [3.63, 3.8) is 0 Å². The van der Waals surface area contributed by atoms with Gasteiger partial charge in [-0.05, 0) is 20.8 Å². The van der Waals surface area contributed by atoms with Crippen molar-refractivity contribution in [1.82, 2.24) is 9.55 Å². The highest BCUT2D eigenvalue weighted by molar-refractivity contribution is 7.48. The maximum atomic E-state index is 14.1. The number of alkyl halides is 1. The summed E-state index contributed by atoms with van der Waals surface area (Å²) in [6, 6.07) is 1.05. The van der Waals surface area contributed by atoms with Crippen LogP contribution in [-0.4, -0.2) is 64.8 Å². The number of aromatic nitrogens is 2. The zero-order valence-electron chi connectivity index (χ0n) is 17.5. The van der Waals surface area contributed by atoms with Crippen molar-refractivity contribution in [1.29, 1.82) is 0 Å². The minimum atomic E-state index is -4.38. The van der Waals surface area contributed by atoms with Crippen molar-refractivity contribution in [3.8, 4) is 0 Å². The predicted molar refractivity (Wildman–Crippen MR) is 102 cm³/mol. The Balaban J connectivity index is 1.82. The van der Waals surface area contributed by atoms with Gasteiger partial charge in [-0.15, -0.1) is 0 Å². The monoisotopic (exact) mass is 482 g/mol. The summed E-state index contributed by atoms with van der Waals surface area (Å²) in [6.07, 6.45) is -4.31. The Bertz CT molecular complexity index is 995. The lowest BCUT2D eigenvalue weighted by atomic mass is 9.87. The van der Waals surface area contributed by atoms with Gasteiger partial charge >= 0.3 is 19.7 Å². The summed E-state index contributed by atoms with van der Waals surface area (Å²) < 4.78 is 58.5. The summed E-state index contributed by atoms with van der Waals surface area (Å²) in [5.41, 5.74) is -3.35. The molecule has 0 aliphatic carbocycles. The fourth-order valence-electron chi connectivity index (χ4n) is 3.47. The molecule has 2 aliphatic heterocycles. The molecule has 13 nitrogen and oxygen atoms in total. The molecule has 0 radical (unpaired) electrons. The molecule has 2 aliphatic rings. The van der Waals surface area contributed by atoms with Crippen LogP contribution in [-0.2, 0) is 32.3 Å². The van der Waals surface area contributed by atoms with E-state index in [1.54, 1.807) is 13.8 Å². The van der Waals surface area contributed by atoms with Crippen molar-refractivity contribution in [2.75, 3.05) is 20.1 Å². The first-order chi connectivity index (χ1) is 15.0. The highest BCUT2D eigenvalue weighted by atomic mass is 31.2. The number of carbonyl (C=O) groups is 1. The number of phosphoric ester groups is 1. The fourth-order valence-corrected chi connectivity index (χ4v) is 4.83. The molecule has 0 amide bonds. The van der Waals surface area contributed by atoms with Gasteiger partial charge in [0.1, 0.15) is 24.6 Å². The number of fused-ring (bicyclic) bond motifs is 1. The zero-order chi connectivity index (χ0) is 23.7. The number of carbonyl (C=O) groups excluding carboxylic acids is 1. The van der Waals surface area contributed by atoms with Crippen LogP contribution in [0.15, 0.2) is 21.9 Å². The Morgan fingerprint density at radius 1 is 1.44 bits per heavy atom. The number of phosphoric acid groups is 1. The van der Waals surface area contributed by atoms with E-state index in [2.05, 4.69) is 4.74 Å². The van der Waals surface area contributed by atoms with E-state index in [-0.39, 0.29) is 0 Å². The molecular formula is C17H24FN2O11P. The third-order valence-electron chi connectivity index (χ3n) is 4.89.